The molecule has 1 unspecified atom stereocenters. The molecule has 3 aromatic rings. The first-order chi connectivity index (χ1) is 14.5. The zero-order valence-corrected chi connectivity index (χ0v) is 17.4. The average molecular weight is 424 g/mol. The van der Waals surface area contributed by atoms with Crippen LogP contribution in [-0.4, -0.2) is 34.8 Å². The van der Waals surface area contributed by atoms with Gasteiger partial charge in [-0.1, -0.05) is 29.8 Å². The van der Waals surface area contributed by atoms with Gasteiger partial charge in [-0.3, -0.25) is 9.59 Å². The molecule has 1 fully saturated rings. The van der Waals surface area contributed by atoms with Gasteiger partial charge in [0.2, 0.25) is 5.91 Å². The van der Waals surface area contributed by atoms with Crippen LogP contribution < -0.4 is 5.32 Å². The maximum Gasteiger partial charge on any atom is 0.289 e. The molecule has 2 aromatic heterocycles. The van der Waals surface area contributed by atoms with Gasteiger partial charge in [-0.2, -0.15) is 0 Å². The number of likely N-dealkylation sites (tertiary alicyclic amines) is 1. The topological polar surface area (TPSA) is 75.4 Å². The first kappa shape index (κ1) is 20.2. The molecule has 1 saturated heterocycles. The zero-order valence-electron chi connectivity index (χ0n) is 16.6. The lowest BCUT2D eigenvalue weighted by molar-refractivity contribution is -0.121. The van der Waals surface area contributed by atoms with E-state index in [1.165, 1.54) is 0 Å². The second-order valence-electron chi connectivity index (χ2n) is 7.39. The van der Waals surface area contributed by atoms with Crippen LogP contribution in [0.1, 0.15) is 29.0 Å². The third-order valence-corrected chi connectivity index (χ3v) is 5.62. The number of pyridine rings is 1. The van der Waals surface area contributed by atoms with Crippen LogP contribution in [0, 0.1) is 12.8 Å². The third kappa shape index (κ3) is 4.24. The van der Waals surface area contributed by atoms with Gasteiger partial charge in [-0.25, -0.2) is 4.98 Å². The van der Waals surface area contributed by atoms with E-state index in [2.05, 4.69) is 10.3 Å². The van der Waals surface area contributed by atoms with Crippen LogP contribution in [0.25, 0.3) is 11.3 Å². The maximum atomic E-state index is 13.0. The Bertz CT molecular complexity index is 1080. The summed E-state index contributed by atoms with van der Waals surface area (Å²) in [5, 5.41) is 3.45. The van der Waals surface area contributed by atoms with Crippen molar-refractivity contribution in [3.63, 3.8) is 0 Å². The number of carbonyl (C=O) groups excluding carboxylic acids is 2. The lowest BCUT2D eigenvalue weighted by Crippen LogP contribution is -2.43. The van der Waals surface area contributed by atoms with Crippen LogP contribution in [0.5, 0.6) is 0 Å². The van der Waals surface area contributed by atoms with Crippen molar-refractivity contribution in [2.24, 2.45) is 5.92 Å². The third-order valence-electron chi connectivity index (χ3n) is 5.29. The van der Waals surface area contributed by atoms with Crippen molar-refractivity contribution in [2.45, 2.75) is 19.8 Å². The second-order valence-corrected chi connectivity index (χ2v) is 7.80. The minimum atomic E-state index is -0.290. The molecular formula is C23H22ClN3O3. The Morgan fingerprint density at radius 1 is 1.17 bits per heavy atom. The monoisotopic (exact) mass is 423 g/mol. The summed E-state index contributed by atoms with van der Waals surface area (Å²) in [7, 11) is 0. The van der Waals surface area contributed by atoms with Crippen molar-refractivity contribution in [3.8, 4) is 11.3 Å². The number of carbonyl (C=O) groups is 2. The van der Waals surface area contributed by atoms with Crippen molar-refractivity contribution in [1.29, 1.82) is 0 Å². The standard InChI is InChI=1S/C23H22ClN3O3/c1-15-6-4-12-25-21(15)26-22(28)16-7-5-13-27(14-16)23(29)20-11-10-19(30-20)17-8-2-3-9-18(17)24/h2-4,6,8-12,16H,5,7,13-14H2,1H3,(H,25,26,28). The van der Waals surface area contributed by atoms with Gasteiger partial charge in [0.15, 0.2) is 5.76 Å². The molecule has 0 aliphatic carbocycles. The molecule has 1 aliphatic rings. The van der Waals surface area contributed by atoms with E-state index < -0.39 is 0 Å². The van der Waals surface area contributed by atoms with Crippen LogP contribution in [0.3, 0.4) is 0 Å². The van der Waals surface area contributed by atoms with Crippen molar-refractivity contribution in [1.82, 2.24) is 9.88 Å². The lowest BCUT2D eigenvalue weighted by Gasteiger charge is -2.31. The lowest BCUT2D eigenvalue weighted by atomic mass is 9.97. The van der Waals surface area contributed by atoms with Crippen LogP contribution in [0.4, 0.5) is 5.82 Å². The van der Waals surface area contributed by atoms with Gasteiger partial charge >= 0.3 is 0 Å². The van der Waals surface area contributed by atoms with Gasteiger partial charge in [0.1, 0.15) is 11.6 Å². The number of amides is 2. The molecule has 6 nitrogen and oxygen atoms in total. The molecule has 0 saturated carbocycles. The summed E-state index contributed by atoms with van der Waals surface area (Å²) in [6, 6.07) is 14.4. The smallest absolute Gasteiger partial charge is 0.289 e. The number of hydrogen-bond acceptors (Lipinski definition) is 4. The van der Waals surface area contributed by atoms with Gasteiger partial charge in [0, 0.05) is 24.8 Å². The van der Waals surface area contributed by atoms with E-state index in [0.29, 0.717) is 29.7 Å². The number of benzene rings is 1. The predicted octanol–water partition coefficient (Wildman–Crippen LogP) is 4.79. The molecule has 1 aliphatic heterocycles. The van der Waals surface area contributed by atoms with Gasteiger partial charge in [-0.15, -0.1) is 0 Å². The highest BCUT2D eigenvalue weighted by Crippen LogP contribution is 2.30. The number of aryl methyl sites for hydroxylation is 1. The fraction of sp³-hybridized carbons (Fsp3) is 0.261. The van der Waals surface area contributed by atoms with Gasteiger partial charge in [0.05, 0.1) is 10.9 Å². The van der Waals surface area contributed by atoms with E-state index in [1.807, 2.05) is 37.3 Å². The Hall–Kier alpha value is -3.12. The normalized spacial score (nSPS) is 16.3. The number of furan rings is 1. The molecule has 30 heavy (non-hydrogen) atoms. The zero-order chi connectivity index (χ0) is 21.1. The van der Waals surface area contributed by atoms with Crippen molar-refractivity contribution < 1.29 is 14.0 Å². The molecule has 4 rings (SSSR count). The summed E-state index contributed by atoms with van der Waals surface area (Å²) in [6.45, 7) is 2.83. The second kappa shape index (κ2) is 8.71. The fourth-order valence-corrected chi connectivity index (χ4v) is 3.85. The number of piperidine rings is 1. The SMILES string of the molecule is Cc1cccnc1NC(=O)C1CCCN(C(=O)c2ccc(-c3ccccc3Cl)o2)C1. The average Bonchev–Trinajstić information content (AvgIpc) is 3.25. The van der Waals surface area contributed by atoms with Gasteiger partial charge in [-0.05, 0) is 55.7 Å². The Balaban J connectivity index is 1.44. The number of halogens is 1. The van der Waals surface area contributed by atoms with Crippen LogP contribution in [0.2, 0.25) is 5.02 Å². The molecular weight excluding hydrogens is 402 g/mol. The van der Waals surface area contributed by atoms with Crippen LogP contribution in [0.15, 0.2) is 59.1 Å². The van der Waals surface area contributed by atoms with Crippen molar-refractivity contribution in [3.05, 3.63) is 71.1 Å². The predicted molar refractivity (Wildman–Crippen MR) is 115 cm³/mol. The molecule has 0 spiro atoms. The summed E-state index contributed by atoms with van der Waals surface area (Å²) in [5.74, 6) is 0.709. The first-order valence-corrected chi connectivity index (χ1v) is 10.3. The van der Waals surface area contributed by atoms with E-state index in [9.17, 15) is 9.59 Å². The summed E-state index contributed by atoms with van der Waals surface area (Å²) in [6.07, 6.45) is 3.13. The van der Waals surface area contributed by atoms with Crippen molar-refractivity contribution in [2.75, 3.05) is 18.4 Å². The van der Waals surface area contributed by atoms with Crippen molar-refractivity contribution >= 4 is 29.2 Å². The molecule has 3 heterocycles. The van der Waals surface area contributed by atoms with Gasteiger partial charge in [0.25, 0.3) is 5.91 Å². The maximum absolute atomic E-state index is 13.0. The highest BCUT2D eigenvalue weighted by atomic mass is 35.5. The molecule has 1 aromatic carbocycles. The summed E-state index contributed by atoms with van der Waals surface area (Å²) in [5.41, 5.74) is 1.64. The number of hydrogen-bond donors (Lipinski definition) is 1. The quantitative estimate of drug-likeness (QED) is 0.654. The molecule has 7 heteroatoms. The highest BCUT2D eigenvalue weighted by molar-refractivity contribution is 6.33. The van der Waals surface area contributed by atoms with E-state index in [4.69, 9.17) is 16.0 Å². The van der Waals surface area contributed by atoms with E-state index >= 15 is 0 Å². The van der Waals surface area contributed by atoms with Crippen LogP contribution >= 0.6 is 11.6 Å². The summed E-state index contributed by atoms with van der Waals surface area (Å²) in [4.78, 5) is 31.6. The first-order valence-electron chi connectivity index (χ1n) is 9.89. The molecule has 1 N–H and O–H groups in total. The minimum absolute atomic E-state index is 0.120. The molecule has 154 valence electrons. The Morgan fingerprint density at radius 3 is 2.80 bits per heavy atom. The number of rotatable bonds is 4. The Morgan fingerprint density at radius 2 is 2.00 bits per heavy atom. The largest absolute Gasteiger partial charge is 0.451 e. The summed E-state index contributed by atoms with van der Waals surface area (Å²) < 4.78 is 5.79. The van der Waals surface area contributed by atoms with E-state index in [-0.39, 0.29) is 23.5 Å². The number of aromatic nitrogens is 1. The number of nitrogens with zero attached hydrogens (tertiary/aromatic N) is 2. The Labute approximate surface area is 179 Å². The van der Waals surface area contributed by atoms with Crippen LogP contribution in [-0.2, 0) is 4.79 Å². The Kier molecular flexibility index (Phi) is 5.86. The summed E-state index contributed by atoms with van der Waals surface area (Å²) >= 11 is 6.22. The minimum Gasteiger partial charge on any atom is -0.451 e. The number of nitrogens with one attached hydrogen (secondary N) is 1. The van der Waals surface area contributed by atoms with E-state index in [1.54, 1.807) is 29.3 Å². The fourth-order valence-electron chi connectivity index (χ4n) is 3.63. The molecule has 0 radical (unpaired) electrons. The highest BCUT2D eigenvalue weighted by Gasteiger charge is 2.30. The number of anilines is 1. The van der Waals surface area contributed by atoms with E-state index in [0.717, 1.165) is 24.0 Å². The molecule has 1 atom stereocenters. The molecule has 2 amide bonds. The molecule has 0 bridgehead atoms. The van der Waals surface area contributed by atoms with Gasteiger partial charge < -0.3 is 14.6 Å².